The zero-order valence-corrected chi connectivity index (χ0v) is 7.66. The molecule has 2 heteroatoms. The highest BCUT2D eigenvalue weighted by molar-refractivity contribution is 5.99. The second kappa shape index (κ2) is 4.75. The first-order valence-electron chi connectivity index (χ1n) is 4.49. The Kier molecular flexibility index (Phi) is 3.62. The highest BCUT2D eigenvalue weighted by atomic mass is 19.1. The Labute approximate surface area is 77.6 Å². The molecule has 1 atom stereocenters. The van der Waals surface area contributed by atoms with Crippen molar-refractivity contribution in [2.45, 2.75) is 25.9 Å². The second-order valence-corrected chi connectivity index (χ2v) is 2.99. The number of rotatable bonds is 4. The number of halogens is 1. The van der Waals surface area contributed by atoms with Crippen LogP contribution in [0.4, 0.5) is 4.39 Å². The number of carbonyl (C=O) groups excluding carboxylic acids is 1. The van der Waals surface area contributed by atoms with E-state index in [1.165, 1.54) is 0 Å². The summed E-state index contributed by atoms with van der Waals surface area (Å²) < 4.78 is 13.1. The average Bonchev–Trinajstić information content (AvgIpc) is 2.18. The van der Waals surface area contributed by atoms with Crippen LogP contribution in [0.1, 0.15) is 30.1 Å². The molecule has 0 aromatic heterocycles. The monoisotopic (exact) mass is 180 g/mol. The summed E-state index contributed by atoms with van der Waals surface area (Å²) in [6, 6.07) is 8.58. The maximum Gasteiger partial charge on any atom is 0.196 e. The van der Waals surface area contributed by atoms with Gasteiger partial charge in [-0.2, -0.15) is 0 Å². The summed E-state index contributed by atoms with van der Waals surface area (Å²) in [6.07, 6.45) is -0.333. The van der Waals surface area contributed by atoms with Crippen molar-refractivity contribution in [1.82, 2.24) is 0 Å². The minimum absolute atomic E-state index is 0.313. The number of hydrogen-bond donors (Lipinski definition) is 0. The molecule has 0 saturated carbocycles. The number of Topliss-reactive ketones (excluding diaryl/α,β-unsaturated/α-hetero) is 1. The lowest BCUT2D eigenvalue weighted by atomic mass is 10.0. The van der Waals surface area contributed by atoms with E-state index < -0.39 is 12.0 Å². The van der Waals surface area contributed by atoms with E-state index in [2.05, 4.69) is 0 Å². The molecule has 0 fully saturated rings. The minimum atomic E-state index is -1.34. The smallest absolute Gasteiger partial charge is 0.196 e. The molecule has 0 amide bonds. The third-order valence-corrected chi connectivity index (χ3v) is 1.88. The topological polar surface area (TPSA) is 17.1 Å². The van der Waals surface area contributed by atoms with Crippen molar-refractivity contribution in [2.24, 2.45) is 0 Å². The summed E-state index contributed by atoms with van der Waals surface area (Å²) in [4.78, 5) is 11.4. The van der Waals surface area contributed by atoms with Crippen molar-refractivity contribution in [3.63, 3.8) is 0 Å². The van der Waals surface area contributed by atoms with Crippen LogP contribution in [-0.4, -0.2) is 12.0 Å². The third kappa shape index (κ3) is 2.65. The minimum Gasteiger partial charge on any atom is -0.291 e. The van der Waals surface area contributed by atoms with Gasteiger partial charge in [-0.05, 0) is 6.42 Å². The van der Waals surface area contributed by atoms with Gasteiger partial charge in [0.2, 0.25) is 0 Å². The van der Waals surface area contributed by atoms with E-state index in [9.17, 15) is 9.18 Å². The molecular formula is C11H13FO. The Morgan fingerprint density at radius 1 is 1.38 bits per heavy atom. The number of hydrogen-bond acceptors (Lipinski definition) is 1. The van der Waals surface area contributed by atoms with Crippen molar-refractivity contribution in [3.05, 3.63) is 35.9 Å². The van der Waals surface area contributed by atoms with Gasteiger partial charge in [-0.1, -0.05) is 43.7 Å². The van der Waals surface area contributed by atoms with Crippen LogP contribution in [0.15, 0.2) is 30.3 Å². The Morgan fingerprint density at radius 3 is 2.54 bits per heavy atom. The standard InChI is InChI=1S/C11H13FO/c1-2-6-10(12)11(13)9-7-4-3-5-8-9/h3-5,7-8,10H,2,6H2,1H3/t10-/m0/s1. The molecular weight excluding hydrogens is 167 g/mol. The van der Waals surface area contributed by atoms with Crippen LogP contribution in [0.3, 0.4) is 0 Å². The molecule has 0 unspecified atom stereocenters. The molecule has 0 aliphatic carbocycles. The predicted molar refractivity (Wildman–Crippen MR) is 50.6 cm³/mol. The summed E-state index contributed by atoms with van der Waals surface area (Å²) in [5.74, 6) is -0.401. The molecule has 1 rings (SSSR count). The first-order valence-corrected chi connectivity index (χ1v) is 4.49. The maximum absolute atomic E-state index is 13.1. The predicted octanol–water partition coefficient (Wildman–Crippen LogP) is 3.01. The first kappa shape index (κ1) is 9.90. The Bertz CT molecular complexity index is 269. The molecule has 1 nitrogen and oxygen atoms in total. The van der Waals surface area contributed by atoms with Gasteiger partial charge in [-0.25, -0.2) is 4.39 Å². The molecule has 0 spiro atoms. The van der Waals surface area contributed by atoms with Gasteiger partial charge in [0, 0.05) is 5.56 Å². The largest absolute Gasteiger partial charge is 0.291 e. The number of benzene rings is 1. The van der Waals surface area contributed by atoms with Crippen LogP contribution < -0.4 is 0 Å². The number of alkyl halides is 1. The van der Waals surface area contributed by atoms with Crippen LogP contribution in [0.5, 0.6) is 0 Å². The Hall–Kier alpha value is -1.18. The molecule has 1 aromatic rings. The van der Waals surface area contributed by atoms with Gasteiger partial charge in [0.15, 0.2) is 12.0 Å². The summed E-state index contributed by atoms with van der Waals surface area (Å²) in [7, 11) is 0. The lowest BCUT2D eigenvalue weighted by molar-refractivity contribution is 0.0868. The molecule has 0 heterocycles. The number of ketones is 1. The molecule has 0 N–H and O–H groups in total. The van der Waals surface area contributed by atoms with Gasteiger partial charge in [-0.3, -0.25) is 4.79 Å². The van der Waals surface area contributed by atoms with Gasteiger partial charge in [0.25, 0.3) is 0 Å². The number of carbonyl (C=O) groups is 1. The average molecular weight is 180 g/mol. The fraction of sp³-hybridized carbons (Fsp3) is 0.364. The van der Waals surface area contributed by atoms with Crippen LogP contribution >= 0.6 is 0 Å². The van der Waals surface area contributed by atoms with Crippen molar-refractivity contribution in [1.29, 1.82) is 0 Å². The molecule has 0 radical (unpaired) electrons. The summed E-state index contributed by atoms with van der Waals surface area (Å²) in [5.41, 5.74) is 0.462. The maximum atomic E-state index is 13.1. The lowest BCUT2D eigenvalue weighted by Gasteiger charge is -2.04. The van der Waals surface area contributed by atoms with Crippen LogP contribution in [0, 0.1) is 0 Å². The van der Waals surface area contributed by atoms with E-state index in [-0.39, 0.29) is 0 Å². The Balaban J connectivity index is 2.68. The molecule has 1 aromatic carbocycles. The van der Waals surface area contributed by atoms with Gasteiger partial charge in [0.1, 0.15) is 0 Å². The first-order chi connectivity index (χ1) is 6.25. The van der Waals surface area contributed by atoms with Crippen LogP contribution in [0.25, 0.3) is 0 Å². The van der Waals surface area contributed by atoms with Crippen LogP contribution in [-0.2, 0) is 0 Å². The van der Waals surface area contributed by atoms with E-state index in [4.69, 9.17) is 0 Å². The SMILES string of the molecule is CCC[C@H](F)C(=O)c1ccccc1. The van der Waals surface area contributed by atoms with E-state index >= 15 is 0 Å². The van der Waals surface area contributed by atoms with Crippen molar-refractivity contribution < 1.29 is 9.18 Å². The summed E-state index contributed by atoms with van der Waals surface area (Å²) in [6.45, 7) is 1.87. The highest BCUT2D eigenvalue weighted by Gasteiger charge is 2.17. The zero-order chi connectivity index (χ0) is 9.68. The van der Waals surface area contributed by atoms with Crippen molar-refractivity contribution in [3.8, 4) is 0 Å². The normalized spacial score (nSPS) is 12.5. The van der Waals surface area contributed by atoms with E-state index in [1.807, 2.05) is 13.0 Å². The molecule has 13 heavy (non-hydrogen) atoms. The molecule has 0 aliphatic rings. The molecule has 0 aliphatic heterocycles. The van der Waals surface area contributed by atoms with E-state index in [0.29, 0.717) is 18.4 Å². The third-order valence-electron chi connectivity index (χ3n) is 1.88. The summed E-state index contributed by atoms with van der Waals surface area (Å²) >= 11 is 0. The van der Waals surface area contributed by atoms with Crippen molar-refractivity contribution in [2.75, 3.05) is 0 Å². The van der Waals surface area contributed by atoms with Gasteiger partial charge >= 0.3 is 0 Å². The fourth-order valence-corrected chi connectivity index (χ4v) is 1.17. The lowest BCUT2D eigenvalue weighted by Crippen LogP contribution is -2.15. The highest BCUT2D eigenvalue weighted by Crippen LogP contribution is 2.10. The molecule has 0 saturated heterocycles. The fourth-order valence-electron chi connectivity index (χ4n) is 1.17. The van der Waals surface area contributed by atoms with Gasteiger partial charge in [0.05, 0.1) is 0 Å². The van der Waals surface area contributed by atoms with Crippen LogP contribution in [0.2, 0.25) is 0 Å². The summed E-state index contributed by atoms with van der Waals surface area (Å²) in [5, 5.41) is 0. The zero-order valence-electron chi connectivity index (χ0n) is 7.66. The van der Waals surface area contributed by atoms with E-state index in [1.54, 1.807) is 24.3 Å². The molecule has 0 bridgehead atoms. The second-order valence-electron chi connectivity index (χ2n) is 2.99. The molecule has 70 valence electrons. The Morgan fingerprint density at radius 2 is 2.00 bits per heavy atom. The quantitative estimate of drug-likeness (QED) is 0.651. The van der Waals surface area contributed by atoms with E-state index in [0.717, 1.165) is 0 Å². The van der Waals surface area contributed by atoms with Gasteiger partial charge in [-0.15, -0.1) is 0 Å². The van der Waals surface area contributed by atoms with Crippen molar-refractivity contribution >= 4 is 5.78 Å². The van der Waals surface area contributed by atoms with Gasteiger partial charge < -0.3 is 0 Å².